The van der Waals surface area contributed by atoms with Gasteiger partial charge in [-0.3, -0.25) is 9.59 Å². The van der Waals surface area contributed by atoms with Crippen LogP contribution in [0, 0.1) is 11.8 Å². The minimum Gasteiger partial charge on any atom is -0.481 e. The maximum Gasteiger partial charge on any atom is 0.407 e. The van der Waals surface area contributed by atoms with Gasteiger partial charge in [-0.2, -0.15) is 0 Å². The molecule has 2 saturated carbocycles. The van der Waals surface area contributed by atoms with Crippen molar-refractivity contribution in [3.63, 3.8) is 0 Å². The number of nitrogens with one attached hydrogen (secondary N) is 2. The van der Waals surface area contributed by atoms with Crippen LogP contribution >= 0.6 is 0 Å². The highest BCUT2D eigenvalue weighted by molar-refractivity contribution is 5.77. The number of aliphatic hydroxyl groups is 2. The Hall–Kier alpha value is -2.60. The Labute approximate surface area is 199 Å². The number of aliphatic hydroxyl groups excluding tert-OH is 2. The molecule has 0 spiro atoms. The molecule has 0 bridgehead atoms. The summed E-state index contributed by atoms with van der Waals surface area (Å²) in [5.74, 6) is -2.38. The van der Waals surface area contributed by atoms with Gasteiger partial charge in [0.25, 0.3) is 0 Å². The maximum atomic E-state index is 11.5. The summed E-state index contributed by atoms with van der Waals surface area (Å²) < 4.78 is 10.1. The molecule has 2 rings (SSSR count). The number of amides is 3. The molecule has 12 heteroatoms. The zero-order valence-electron chi connectivity index (χ0n) is 20.7. The number of hydrogen-bond acceptors (Lipinski definition) is 8. The third-order valence-corrected chi connectivity index (χ3v) is 5.21. The number of ether oxygens (including phenoxy) is 2. The summed E-state index contributed by atoms with van der Waals surface area (Å²) in [6.07, 6.45) is -1.76. The lowest BCUT2D eigenvalue weighted by Gasteiger charge is -2.22. The number of primary amides is 1. The van der Waals surface area contributed by atoms with Crippen molar-refractivity contribution in [3.05, 3.63) is 0 Å². The first kappa shape index (κ1) is 29.4. The number of carbonyl (C=O) groups is 4. The molecule has 7 N–H and O–H groups in total. The van der Waals surface area contributed by atoms with E-state index in [1.54, 1.807) is 41.5 Å². The van der Waals surface area contributed by atoms with Crippen molar-refractivity contribution in [2.75, 3.05) is 0 Å². The predicted octanol–water partition coefficient (Wildman–Crippen LogP) is 0.871. The fraction of sp³-hybridized carbons (Fsp3) is 0.818. The highest BCUT2D eigenvalue weighted by Crippen LogP contribution is 2.27. The molecule has 2 fully saturated rings. The van der Waals surface area contributed by atoms with Crippen LogP contribution in [0.25, 0.3) is 0 Å². The summed E-state index contributed by atoms with van der Waals surface area (Å²) in [4.78, 5) is 44.6. The minimum absolute atomic E-state index is 0.162. The minimum atomic E-state index is -0.947. The van der Waals surface area contributed by atoms with Crippen molar-refractivity contribution in [1.29, 1.82) is 0 Å². The maximum absolute atomic E-state index is 11.5. The second kappa shape index (κ2) is 11.7. The largest absolute Gasteiger partial charge is 0.481 e. The molecular weight excluding hydrogens is 450 g/mol. The Morgan fingerprint density at radius 3 is 1.35 bits per heavy atom. The molecule has 196 valence electrons. The summed E-state index contributed by atoms with van der Waals surface area (Å²) in [5.41, 5.74) is 3.96. The van der Waals surface area contributed by atoms with E-state index in [2.05, 4.69) is 10.6 Å². The first-order valence-corrected chi connectivity index (χ1v) is 11.2. The molecule has 3 amide bonds. The molecule has 0 unspecified atom stereocenters. The normalized spacial score (nSPS) is 28.8. The summed E-state index contributed by atoms with van der Waals surface area (Å²) in [5, 5.41) is 33.2. The van der Waals surface area contributed by atoms with Crippen LogP contribution in [0.15, 0.2) is 0 Å². The van der Waals surface area contributed by atoms with E-state index in [0.717, 1.165) is 0 Å². The average Bonchev–Trinajstić information content (AvgIpc) is 3.16. The van der Waals surface area contributed by atoms with Gasteiger partial charge < -0.3 is 41.2 Å². The first-order valence-electron chi connectivity index (χ1n) is 11.2. The lowest BCUT2D eigenvalue weighted by molar-refractivity contribution is -0.141. The van der Waals surface area contributed by atoms with Gasteiger partial charge in [-0.25, -0.2) is 9.59 Å². The third-order valence-electron chi connectivity index (χ3n) is 5.21. The van der Waals surface area contributed by atoms with Gasteiger partial charge >= 0.3 is 18.2 Å². The fourth-order valence-corrected chi connectivity index (χ4v) is 3.69. The van der Waals surface area contributed by atoms with E-state index in [1.165, 1.54) is 0 Å². The molecule has 0 aromatic heterocycles. The molecule has 0 aliphatic heterocycles. The van der Waals surface area contributed by atoms with Crippen molar-refractivity contribution in [3.8, 4) is 0 Å². The van der Waals surface area contributed by atoms with Gasteiger partial charge in [0.05, 0.1) is 30.2 Å². The number of carboxylic acid groups (broad SMARTS) is 1. The number of alkyl carbamates (subject to hydrolysis) is 2. The van der Waals surface area contributed by atoms with Gasteiger partial charge in [0.2, 0.25) is 5.91 Å². The van der Waals surface area contributed by atoms with Crippen LogP contribution in [0.3, 0.4) is 0 Å². The Morgan fingerprint density at radius 1 is 0.735 bits per heavy atom. The van der Waals surface area contributed by atoms with Gasteiger partial charge in [-0.15, -0.1) is 0 Å². The Morgan fingerprint density at radius 2 is 1.09 bits per heavy atom. The van der Waals surface area contributed by atoms with E-state index >= 15 is 0 Å². The van der Waals surface area contributed by atoms with E-state index in [9.17, 15) is 29.4 Å². The van der Waals surface area contributed by atoms with Gasteiger partial charge in [-0.1, -0.05) is 0 Å². The summed E-state index contributed by atoms with van der Waals surface area (Å²) in [6.45, 7) is 10.5. The fourth-order valence-electron chi connectivity index (χ4n) is 3.69. The average molecular weight is 490 g/mol. The van der Waals surface area contributed by atoms with Crippen LogP contribution in [0.2, 0.25) is 0 Å². The molecule has 0 saturated heterocycles. The standard InChI is InChI=1S/C11H20N2O4.C11H19NO5/c1-11(2,3)17-10(16)13-7-4-6(9(12)15)5-8(7)14;1-11(2,3)17-10(16)12-7-4-6(9(14)15)5-8(7)13/h6-8,14H,4-5H2,1-3H3,(H2,12,15)(H,13,16);6-8,13H,4-5H2,1-3H3,(H,12,16)(H,14,15)/t2*6-,7-,8-/m11/s1. The topological polar surface area (TPSA) is 198 Å². The lowest BCUT2D eigenvalue weighted by Crippen LogP contribution is -2.42. The predicted molar refractivity (Wildman–Crippen MR) is 121 cm³/mol. The van der Waals surface area contributed by atoms with Crippen molar-refractivity contribution in [2.45, 2.75) is 103 Å². The van der Waals surface area contributed by atoms with Gasteiger partial charge in [0.15, 0.2) is 0 Å². The Balaban J connectivity index is 0.000000340. The summed E-state index contributed by atoms with van der Waals surface area (Å²) in [7, 11) is 0. The van der Waals surface area contributed by atoms with E-state index in [4.69, 9.17) is 20.3 Å². The number of aliphatic carboxylic acids is 1. The first-order chi connectivity index (χ1) is 15.4. The molecule has 6 atom stereocenters. The molecule has 0 heterocycles. The van der Waals surface area contributed by atoms with Crippen LogP contribution in [0.4, 0.5) is 9.59 Å². The quantitative estimate of drug-likeness (QED) is 0.332. The smallest absolute Gasteiger partial charge is 0.407 e. The Bertz CT molecular complexity index is 683. The highest BCUT2D eigenvalue weighted by Gasteiger charge is 2.39. The Kier molecular flexibility index (Phi) is 10.1. The van der Waals surface area contributed by atoms with Crippen LogP contribution in [-0.4, -0.2) is 74.9 Å². The van der Waals surface area contributed by atoms with E-state index in [1.807, 2.05) is 0 Å². The van der Waals surface area contributed by atoms with Crippen molar-refractivity contribution in [2.24, 2.45) is 17.6 Å². The second-order valence-corrected chi connectivity index (χ2v) is 10.7. The summed E-state index contributed by atoms with van der Waals surface area (Å²) in [6, 6.07) is -1.02. The zero-order valence-corrected chi connectivity index (χ0v) is 20.7. The summed E-state index contributed by atoms with van der Waals surface area (Å²) >= 11 is 0. The van der Waals surface area contributed by atoms with E-state index < -0.39 is 65.5 Å². The van der Waals surface area contributed by atoms with Gasteiger partial charge in [0.1, 0.15) is 11.2 Å². The van der Waals surface area contributed by atoms with Crippen LogP contribution < -0.4 is 16.4 Å². The monoisotopic (exact) mass is 489 g/mol. The molecule has 2 aliphatic carbocycles. The number of rotatable bonds is 4. The third kappa shape index (κ3) is 10.6. The zero-order chi connectivity index (χ0) is 26.4. The SMILES string of the molecule is CC(C)(C)OC(=O)N[C@@H]1C[C@@H](C(=O)O)C[C@H]1O.CC(C)(C)OC(=O)N[C@@H]1C[C@@H](C(N)=O)C[C@H]1O. The van der Waals surface area contributed by atoms with Crippen LogP contribution in [0.1, 0.15) is 67.2 Å². The van der Waals surface area contributed by atoms with Crippen molar-refractivity contribution >= 4 is 24.1 Å². The second-order valence-electron chi connectivity index (χ2n) is 10.7. The highest BCUT2D eigenvalue weighted by atomic mass is 16.6. The molecule has 0 radical (unpaired) electrons. The van der Waals surface area contributed by atoms with Gasteiger partial charge in [0, 0.05) is 5.92 Å². The molecule has 0 aromatic carbocycles. The van der Waals surface area contributed by atoms with Crippen LogP contribution in [0.5, 0.6) is 0 Å². The number of carboxylic acids is 1. The lowest BCUT2D eigenvalue weighted by atomic mass is 10.1. The molecular formula is C22H39N3O9. The molecule has 34 heavy (non-hydrogen) atoms. The van der Waals surface area contributed by atoms with Gasteiger partial charge in [-0.05, 0) is 67.2 Å². The van der Waals surface area contributed by atoms with E-state index in [-0.39, 0.29) is 25.2 Å². The van der Waals surface area contributed by atoms with Crippen LogP contribution in [-0.2, 0) is 19.1 Å². The number of nitrogens with two attached hydrogens (primary N) is 1. The number of hydrogen-bond donors (Lipinski definition) is 6. The number of carbonyl (C=O) groups excluding carboxylic acids is 3. The molecule has 12 nitrogen and oxygen atoms in total. The van der Waals surface area contributed by atoms with E-state index in [0.29, 0.717) is 6.42 Å². The van der Waals surface area contributed by atoms with Crippen molar-refractivity contribution < 1.29 is 44.0 Å². The molecule has 2 aliphatic rings. The molecule has 0 aromatic rings. The van der Waals surface area contributed by atoms with Crippen molar-refractivity contribution in [1.82, 2.24) is 10.6 Å².